The quantitative estimate of drug-likeness (QED) is 0.415. The van der Waals surface area contributed by atoms with Gasteiger partial charge in [-0.1, -0.05) is 79.7 Å². The van der Waals surface area contributed by atoms with E-state index in [0.29, 0.717) is 17.9 Å². The maximum atomic E-state index is 12.7. The maximum absolute atomic E-state index is 12.7. The van der Waals surface area contributed by atoms with Crippen molar-refractivity contribution in [3.05, 3.63) is 102 Å². The molecule has 0 saturated carbocycles. The molecule has 0 fully saturated rings. The lowest BCUT2D eigenvalue weighted by Crippen LogP contribution is -2.22. The number of carbonyl (C=O) groups is 1. The number of para-hydroxylation sites is 1. The van der Waals surface area contributed by atoms with Gasteiger partial charge in [-0.3, -0.25) is 4.79 Å². The normalized spacial score (nSPS) is 11.3. The molecule has 0 unspecified atom stereocenters. The van der Waals surface area contributed by atoms with Gasteiger partial charge in [0.15, 0.2) is 0 Å². The topological polar surface area (TPSA) is 50.7 Å². The van der Waals surface area contributed by atoms with Crippen molar-refractivity contribution >= 4 is 11.6 Å². The second-order valence-electron chi connectivity index (χ2n) is 6.79. The summed E-state index contributed by atoms with van der Waals surface area (Å²) in [5, 5.41) is 4.44. The van der Waals surface area contributed by atoms with E-state index >= 15 is 0 Å². The van der Waals surface area contributed by atoms with Crippen LogP contribution < -0.4 is 10.2 Å². The van der Waals surface area contributed by atoms with E-state index in [-0.39, 0.29) is 11.8 Å². The van der Waals surface area contributed by atoms with Gasteiger partial charge in [-0.05, 0) is 36.6 Å². The Bertz CT molecular complexity index is 913. The first kappa shape index (κ1) is 20.3. The molecule has 0 bridgehead atoms. The molecular formula is C25H26N2O2. The molecular weight excluding hydrogens is 360 g/mol. The Kier molecular flexibility index (Phi) is 7.17. The lowest BCUT2D eigenvalue weighted by Gasteiger charge is -2.18. The van der Waals surface area contributed by atoms with Crippen LogP contribution in [0, 0.1) is 0 Å². The fourth-order valence-electron chi connectivity index (χ4n) is 3.22. The van der Waals surface area contributed by atoms with Crippen LogP contribution in [0.4, 0.5) is 0 Å². The predicted octanol–water partition coefficient (Wildman–Crippen LogP) is 5.41. The number of carbonyl (C=O) groups excluding carboxylic acids is 1. The Morgan fingerprint density at radius 3 is 2.03 bits per heavy atom. The van der Waals surface area contributed by atoms with Crippen molar-refractivity contribution in [1.82, 2.24) is 5.43 Å². The fourth-order valence-corrected chi connectivity index (χ4v) is 3.22. The molecule has 0 aromatic heterocycles. The number of rotatable bonds is 8. The summed E-state index contributed by atoms with van der Waals surface area (Å²) in [6.07, 6.45) is 0.878. The second kappa shape index (κ2) is 10.2. The number of hydrazone groups is 1. The number of benzene rings is 3. The Morgan fingerprint density at radius 2 is 1.45 bits per heavy atom. The molecule has 4 nitrogen and oxygen atoms in total. The largest absolute Gasteiger partial charge is 0.493 e. The van der Waals surface area contributed by atoms with E-state index < -0.39 is 0 Å². The lowest BCUT2D eigenvalue weighted by molar-refractivity contribution is 0.0950. The van der Waals surface area contributed by atoms with Crippen molar-refractivity contribution in [2.75, 3.05) is 6.61 Å². The molecule has 0 aliphatic rings. The summed E-state index contributed by atoms with van der Waals surface area (Å²) in [7, 11) is 0. The zero-order valence-electron chi connectivity index (χ0n) is 16.8. The van der Waals surface area contributed by atoms with Crippen LogP contribution in [0.15, 0.2) is 90.0 Å². The minimum atomic E-state index is -0.282. The van der Waals surface area contributed by atoms with Crippen LogP contribution in [-0.2, 0) is 0 Å². The van der Waals surface area contributed by atoms with Crippen molar-refractivity contribution in [1.29, 1.82) is 0 Å². The van der Waals surface area contributed by atoms with E-state index in [1.165, 1.54) is 0 Å². The van der Waals surface area contributed by atoms with Gasteiger partial charge in [0.25, 0.3) is 5.91 Å². The molecule has 0 radical (unpaired) electrons. The van der Waals surface area contributed by atoms with Crippen LogP contribution in [0.2, 0.25) is 0 Å². The summed E-state index contributed by atoms with van der Waals surface area (Å²) in [5.41, 5.74) is 6.24. The van der Waals surface area contributed by atoms with Crippen molar-refractivity contribution < 1.29 is 9.53 Å². The molecule has 29 heavy (non-hydrogen) atoms. The Morgan fingerprint density at radius 1 is 0.897 bits per heavy atom. The molecule has 0 aliphatic heterocycles. The molecule has 1 N–H and O–H groups in total. The minimum absolute atomic E-state index is 0.0377. The van der Waals surface area contributed by atoms with Crippen LogP contribution >= 0.6 is 0 Å². The standard InChI is InChI=1S/C25H26N2O2/c1-3-18-29-23-17-11-10-16-22(23)25(28)27-26-19(2)24(20-12-6-4-7-13-20)21-14-8-5-9-15-21/h4-17,24H,3,18H2,1-2H3,(H,27,28)/b26-19+. The first-order chi connectivity index (χ1) is 14.2. The minimum Gasteiger partial charge on any atom is -0.493 e. The molecule has 148 valence electrons. The number of nitrogens with zero attached hydrogens (tertiary/aromatic N) is 1. The molecule has 3 rings (SSSR count). The highest BCUT2D eigenvalue weighted by atomic mass is 16.5. The van der Waals surface area contributed by atoms with Gasteiger partial charge in [0, 0.05) is 11.6 Å². The lowest BCUT2D eigenvalue weighted by atomic mass is 9.88. The van der Waals surface area contributed by atoms with E-state index in [2.05, 4.69) is 34.8 Å². The number of hydrogen-bond donors (Lipinski definition) is 1. The molecule has 4 heteroatoms. The van der Waals surface area contributed by atoms with Gasteiger partial charge in [0.2, 0.25) is 0 Å². The summed E-state index contributed by atoms with van der Waals surface area (Å²) in [6.45, 7) is 4.53. The van der Waals surface area contributed by atoms with Gasteiger partial charge >= 0.3 is 0 Å². The molecule has 0 aliphatic carbocycles. The van der Waals surface area contributed by atoms with E-state index in [4.69, 9.17) is 4.74 Å². The molecule has 0 saturated heterocycles. The van der Waals surface area contributed by atoms with Crippen LogP contribution in [-0.4, -0.2) is 18.2 Å². The molecule has 0 heterocycles. The summed E-state index contributed by atoms with van der Waals surface area (Å²) in [4.78, 5) is 12.7. The van der Waals surface area contributed by atoms with Crippen LogP contribution in [0.25, 0.3) is 0 Å². The first-order valence-electron chi connectivity index (χ1n) is 9.87. The molecule has 0 spiro atoms. The van der Waals surface area contributed by atoms with Gasteiger partial charge < -0.3 is 4.74 Å². The number of ether oxygens (including phenoxy) is 1. The first-order valence-corrected chi connectivity index (χ1v) is 9.87. The van der Waals surface area contributed by atoms with E-state index in [1.807, 2.05) is 62.4 Å². The van der Waals surface area contributed by atoms with E-state index in [0.717, 1.165) is 23.3 Å². The van der Waals surface area contributed by atoms with Gasteiger partial charge in [0.1, 0.15) is 5.75 Å². The Labute approximate surface area is 172 Å². The molecule has 3 aromatic rings. The summed E-state index contributed by atoms with van der Waals surface area (Å²) in [6, 6.07) is 27.6. The molecule has 1 amide bonds. The average molecular weight is 386 g/mol. The highest BCUT2D eigenvalue weighted by Crippen LogP contribution is 2.26. The number of hydrogen-bond acceptors (Lipinski definition) is 3. The van der Waals surface area contributed by atoms with Crippen LogP contribution in [0.5, 0.6) is 5.75 Å². The van der Waals surface area contributed by atoms with Gasteiger partial charge in [-0.15, -0.1) is 0 Å². The van der Waals surface area contributed by atoms with Crippen LogP contribution in [0.1, 0.15) is 47.7 Å². The SMILES string of the molecule is CCCOc1ccccc1C(=O)N/N=C(\C)C(c1ccccc1)c1ccccc1. The maximum Gasteiger partial charge on any atom is 0.275 e. The second-order valence-corrected chi connectivity index (χ2v) is 6.79. The Balaban J connectivity index is 1.84. The van der Waals surface area contributed by atoms with Crippen molar-refractivity contribution in [3.63, 3.8) is 0 Å². The van der Waals surface area contributed by atoms with E-state index in [1.54, 1.807) is 12.1 Å². The molecule has 0 atom stereocenters. The average Bonchev–Trinajstić information content (AvgIpc) is 2.78. The Hall–Kier alpha value is -3.40. The van der Waals surface area contributed by atoms with Crippen LogP contribution in [0.3, 0.4) is 0 Å². The summed E-state index contributed by atoms with van der Waals surface area (Å²) >= 11 is 0. The number of amides is 1. The van der Waals surface area contributed by atoms with Crippen molar-refractivity contribution in [2.24, 2.45) is 5.10 Å². The highest BCUT2D eigenvalue weighted by Gasteiger charge is 2.18. The zero-order chi connectivity index (χ0) is 20.5. The summed E-state index contributed by atoms with van der Waals surface area (Å²) < 4.78 is 5.69. The van der Waals surface area contributed by atoms with Crippen molar-refractivity contribution in [3.8, 4) is 5.75 Å². The highest BCUT2D eigenvalue weighted by molar-refractivity contribution is 5.98. The summed E-state index contributed by atoms with van der Waals surface area (Å²) in [5.74, 6) is 0.252. The fraction of sp³-hybridized carbons (Fsp3) is 0.200. The third-order valence-electron chi connectivity index (χ3n) is 4.61. The zero-order valence-corrected chi connectivity index (χ0v) is 16.8. The smallest absolute Gasteiger partial charge is 0.275 e. The predicted molar refractivity (Wildman–Crippen MR) is 118 cm³/mol. The monoisotopic (exact) mass is 386 g/mol. The van der Waals surface area contributed by atoms with Crippen molar-refractivity contribution in [2.45, 2.75) is 26.2 Å². The molecule has 3 aromatic carbocycles. The van der Waals surface area contributed by atoms with Gasteiger partial charge in [0.05, 0.1) is 12.2 Å². The van der Waals surface area contributed by atoms with Gasteiger partial charge in [-0.25, -0.2) is 5.43 Å². The van der Waals surface area contributed by atoms with E-state index in [9.17, 15) is 4.79 Å². The third kappa shape index (κ3) is 5.32. The van der Waals surface area contributed by atoms with Gasteiger partial charge in [-0.2, -0.15) is 5.10 Å². The third-order valence-corrected chi connectivity index (χ3v) is 4.61. The number of nitrogens with one attached hydrogen (secondary N) is 1.